The zero-order chi connectivity index (χ0) is 15.9. The van der Waals surface area contributed by atoms with Gasteiger partial charge >= 0.3 is 5.97 Å². The minimum atomic E-state index is -0.765. The Balaban J connectivity index is 3.15. The van der Waals surface area contributed by atoms with Crippen LogP contribution in [0.5, 0.6) is 0 Å². The second-order valence-electron chi connectivity index (χ2n) is 5.93. The van der Waals surface area contributed by atoms with E-state index in [1.807, 2.05) is 0 Å². The molecule has 0 amide bonds. The van der Waals surface area contributed by atoms with E-state index in [1.54, 1.807) is 6.92 Å². The molecule has 0 aromatic carbocycles. The number of carboxylic acid groups (broad SMARTS) is 1. The Kier molecular flexibility index (Phi) is 14.1. The van der Waals surface area contributed by atoms with Gasteiger partial charge in [0.25, 0.3) is 0 Å². The Morgan fingerprint density at radius 1 is 0.905 bits per heavy atom. The normalized spacial score (nSPS) is 12.3. The third kappa shape index (κ3) is 17.4. The Morgan fingerprint density at radius 3 is 1.86 bits per heavy atom. The largest absolute Gasteiger partial charge is 0.481 e. The summed E-state index contributed by atoms with van der Waals surface area (Å²) in [6.45, 7) is 1.63. The molecule has 0 aliphatic rings. The van der Waals surface area contributed by atoms with Gasteiger partial charge in [0.05, 0.1) is 6.17 Å². The Labute approximate surface area is 134 Å². The lowest BCUT2D eigenvalue weighted by atomic mass is 10.0. The highest BCUT2D eigenvalue weighted by atomic mass is 32.1. The first kappa shape index (κ1) is 20.5. The van der Waals surface area contributed by atoms with Crippen molar-refractivity contribution in [2.24, 2.45) is 0 Å². The summed E-state index contributed by atoms with van der Waals surface area (Å²) in [6, 6.07) is 0. The highest BCUT2D eigenvalue weighted by Gasteiger charge is 2.02. The van der Waals surface area contributed by atoms with E-state index >= 15 is 0 Å². The van der Waals surface area contributed by atoms with Crippen LogP contribution in [0.3, 0.4) is 0 Å². The van der Waals surface area contributed by atoms with Crippen molar-refractivity contribution in [3.05, 3.63) is 0 Å². The fourth-order valence-electron chi connectivity index (χ4n) is 2.36. The van der Waals surface area contributed by atoms with Crippen molar-refractivity contribution in [2.45, 2.75) is 96.6 Å². The maximum Gasteiger partial charge on any atom is 0.303 e. The van der Waals surface area contributed by atoms with E-state index in [0.29, 0.717) is 12.8 Å². The lowest BCUT2D eigenvalue weighted by molar-refractivity contribution is -0.136. The minimum Gasteiger partial charge on any atom is -0.481 e. The highest BCUT2D eigenvalue weighted by Crippen LogP contribution is 2.13. The number of aliphatic carboxylic acids is 1. The van der Waals surface area contributed by atoms with Crippen molar-refractivity contribution < 1.29 is 14.3 Å². The molecule has 2 nitrogen and oxygen atoms in total. The molecular weight excluding hydrogens is 287 g/mol. The third-order valence-corrected chi connectivity index (χ3v) is 4.08. The maximum atomic E-state index is 12.6. The van der Waals surface area contributed by atoms with E-state index in [-0.39, 0.29) is 6.42 Å². The van der Waals surface area contributed by atoms with Crippen LogP contribution >= 0.6 is 12.2 Å². The summed E-state index contributed by atoms with van der Waals surface area (Å²) in [6.07, 6.45) is 12.4. The van der Waals surface area contributed by atoms with Gasteiger partial charge in [-0.2, -0.15) is 0 Å². The Hall–Kier alpha value is -0.510. The number of hydrogen-bond donors (Lipinski definition) is 1. The summed E-state index contributed by atoms with van der Waals surface area (Å²) < 4.78 is 12.6. The zero-order valence-corrected chi connectivity index (χ0v) is 14.2. The number of carboxylic acids is 1. The third-order valence-electron chi connectivity index (χ3n) is 3.68. The van der Waals surface area contributed by atoms with E-state index in [0.717, 1.165) is 30.5 Å². The molecule has 4 heteroatoms. The van der Waals surface area contributed by atoms with Crippen LogP contribution in [0, 0.1) is 0 Å². The standard InChI is InChI=1S/C17H31FO2S/c1-15(18)11-9-7-5-3-2-4-6-8-10-12-16(21)13-14-17(19)20/h15H,2-14H2,1H3,(H,19,20). The highest BCUT2D eigenvalue weighted by molar-refractivity contribution is 7.80. The summed E-state index contributed by atoms with van der Waals surface area (Å²) in [4.78, 5) is 11.3. The molecule has 1 unspecified atom stereocenters. The van der Waals surface area contributed by atoms with Gasteiger partial charge in [-0.3, -0.25) is 4.79 Å². The van der Waals surface area contributed by atoms with Crippen LogP contribution in [0.1, 0.15) is 90.4 Å². The number of halogens is 1. The van der Waals surface area contributed by atoms with Crippen LogP contribution in [0.2, 0.25) is 0 Å². The lowest BCUT2D eigenvalue weighted by Gasteiger charge is -2.04. The van der Waals surface area contributed by atoms with Gasteiger partial charge in [-0.25, -0.2) is 4.39 Å². The summed E-state index contributed by atoms with van der Waals surface area (Å²) >= 11 is 5.16. The molecule has 124 valence electrons. The molecule has 0 fully saturated rings. The molecular formula is C17H31FO2S. The first-order valence-electron chi connectivity index (χ1n) is 8.40. The number of hydrogen-bond acceptors (Lipinski definition) is 2. The van der Waals surface area contributed by atoms with Gasteiger partial charge in [0.15, 0.2) is 0 Å². The molecule has 0 saturated heterocycles. The van der Waals surface area contributed by atoms with E-state index in [4.69, 9.17) is 17.3 Å². The zero-order valence-electron chi connectivity index (χ0n) is 13.4. The quantitative estimate of drug-likeness (QED) is 0.303. The number of carbonyl (C=O) groups is 1. The van der Waals surface area contributed by atoms with E-state index < -0.39 is 12.1 Å². The van der Waals surface area contributed by atoms with Gasteiger partial charge in [0.2, 0.25) is 0 Å². The average molecular weight is 318 g/mol. The van der Waals surface area contributed by atoms with E-state index in [2.05, 4.69) is 0 Å². The van der Waals surface area contributed by atoms with Gasteiger partial charge in [0.1, 0.15) is 0 Å². The van der Waals surface area contributed by atoms with Crippen LogP contribution < -0.4 is 0 Å². The fraction of sp³-hybridized carbons (Fsp3) is 0.882. The molecule has 0 saturated carbocycles. The maximum absolute atomic E-state index is 12.6. The molecule has 0 aromatic rings. The molecule has 0 radical (unpaired) electrons. The van der Waals surface area contributed by atoms with Crippen molar-refractivity contribution in [3.63, 3.8) is 0 Å². The number of unbranched alkanes of at least 4 members (excludes halogenated alkanes) is 8. The van der Waals surface area contributed by atoms with Gasteiger partial charge in [-0.05, 0) is 37.5 Å². The Morgan fingerprint density at radius 2 is 1.38 bits per heavy atom. The van der Waals surface area contributed by atoms with Crippen LogP contribution in [0.4, 0.5) is 4.39 Å². The van der Waals surface area contributed by atoms with Crippen LogP contribution in [-0.2, 0) is 4.79 Å². The molecule has 0 heterocycles. The summed E-state index contributed by atoms with van der Waals surface area (Å²) in [5.74, 6) is -0.765. The molecule has 1 N–H and O–H groups in total. The van der Waals surface area contributed by atoms with Gasteiger partial charge in [-0.1, -0.05) is 63.6 Å². The SMILES string of the molecule is CC(F)CCCCCCCCCCCC(=S)CCC(=O)O. The van der Waals surface area contributed by atoms with Crippen molar-refractivity contribution >= 4 is 23.1 Å². The summed E-state index contributed by atoms with van der Waals surface area (Å²) in [5.41, 5.74) is 0. The van der Waals surface area contributed by atoms with Crippen molar-refractivity contribution in [3.8, 4) is 0 Å². The van der Waals surface area contributed by atoms with E-state index in [9.17, 15) is 9.18 Å². The van der Waals surface area contributed by atoms with Crippen molar-refractivity contribution in [1.82, 2.24) is 0 Å². The molecule has 0 bridgehead atoms. The van der Waals surface area contributed by atoms with Gasteiger partial charge < -0.3 is 5.11 Å². The minimum absolute atomic E-state index is 0.167. The molecule has 0 spiro atoms. The number of alkyl halides is 1. The molecule has 0 aliphatic carbocycles. The molecule has 0 aliphatic heterocycles. The van der Waals surface area contributed by atoms with E-state index in [1.165, 1.54) is 38.5 Å². The average Bonchev–Trinajstić information content (AvgIpc) is 2.42. The topological polar surface area (TPSA) is 37.3 Å². The fourth-order valence-corrected chi connectivity index (χ4v) is 2.60. The second-order valence-corrected chi connectivity index (χ2v) is 6.51. The summed E-state index contributed by atoms with van der Waals surface area (Å²) in [5, 5.41) is 8.56. The summed E-state index contributed by atoms with van der Waals surface area (Å²) in [7, 11) is 0. The smallest absolute Gasteiger partial charge is 0.303 e. The van der Waals surface area contributed by atoms with Crippen LogP contribution in [-0.4, -0.2) is 22.1 Å². The molecule has 0 rings (SSSR count). The van der Waals surface area contributed by atoms with Gasteiger partial charge in [-0.15, -0.1) is 0 Å². The van der Waals surface area contributed by atoms with Crippen molar-refractivity contribution in [2.75, 3.05) is 0 Å². The Bertz CT molecular complexity index is 280. The molecule has 1 atom stereocenters. The lowest BCUT2D eigenvalue weighted by Crippen LogP contribution is -2.01. The number of thiocarbonyl (C=S) groups is 1. The predicted octanol–water partition coefficient (Wildman–Crippen LogP) is 5.87. The number of rotatable bonds is 15. The predicted molar refractivity (Wildman–Crippen MR) is 90.8 cm³/mol. The van der Waals surface area contributed by atoms with Gasteiger partial charge in [0, 0.05) is 6.42 Å². The first-order chi connectivity index (χ1) is 10.0. The van der Waals surface area contributed by atoms with Crippen LogP contribution in [0.15, 0.2) is 0 Å². The second kappa shape index (κ2) is 14.4. The molecule has 21 heavy (non-hydrogen) atoms. The van der Waals surface area contributed by atoms with Crippen molar-refractivity contribution in [1.29, 1.82) is 0 Å². The first-order valence-corrected chi connectivity index (χ1v) is 8.80. The monoisotopic (exact) mass is 318 g/mol. The molecule has 0 aromatic heterocycles. The van der Waals surface area contributed by atoms with Crippen LogP contribution in [0.25, 0.3) is 0 Å².